The van der Waals surface area contributed by atoms with Gasteiger partial charge in [0.25, 0.3) is 0 Å². The Morgan fingerprint density at radius 1 is 0.321 bits per heavy atom. The highest BCUT2D eigenvalue weighted by molar-refractivity contribution is 6.19. The van der Waals surface area contributed by atoms with Gasteiger partial charge in [-0.15, -0.1) is 0 Å². The molecule has 53 heavy (non-hydrogen) atoms. The molecule has 0 spiro atoms. The average molecular weight is 677 g/mol. The van der Waals surface area contributed by atoms with Crippen molar-refractivity contribution in [1.82, 2.24) is 15.0 Å². The molecule has 1 aliphatic rings. The molecule has 0 saturated heterocycles. The second-order valence-electron chi connectivity index (χ2n) is 13.2. The smallest absolute Gasteiger partial charge is 0.164 e. The first-order chi connectivity index (χ1) is 26.3. The second kappa shape index (κ2) is 12.9. The molecule has 0 bridgehead atoms. The summed E-state index contributed by atoms with van der Waals surface area (Å²) in [6.45, 7) is 0. The zero-order valence-electron chi connectivity index (χ0n) is 28.8. The molecular formula is C49H32N4. The molecule has 4 heteroatoms. The molecule has 0 N–H and O–H groups in total. The van der Waals surface area contributed by atoms with Crippen LogP contribution < -0.4 is 4.90 Å². The highest BCUT2D eigenvalue weighted by Crippen LogP contribution is 2.55. The SMILES string of the molecule is c1ccc(-c2nc(-c3ccccc3)nc(-c3cccc(-c4cccc5c4N(c4ccccc4)c4ccc(-c6ccccc6)c6cccc-5c46)c3)n2)cc1. The van der Waals surface area contributed by atoms with E-state index >= 15 is 0 Å². The molecule has 0 saturated carbocycles. The maximum atomic E-state index is 5.04. The quantitative estimate of drug-likeness (QED) is 0.176. The van der Waals surface area contributed by atoms with Gasteiger partial charge in [0.1, 0.15) is 0 Å². The van der Waals surface area contributed by atoms with Crippen LogP contribution >= 0.6 is 0 Å². The molecule has 0 aliphatic carbocycles. The van der Waals surface area contributed by atoms with Crippen molar-refractivity contribution in [2.24, 2.45) is 0 Å². The third-order valence-corrected chi connectivity index (χ3v) is 10.0. The van der Waals surface area contributed by atoms with Gasteiger partial charge in [-0.2, -0.15) is 0 Å². The van der Waals surface area contributed by atoms with E-state index in [1.165, 1.54) is 33.0 Å². The maximum absolute atomic E-state index is 5.04. The van der Waals surface area contributed by atoms with Crippen molar-refractivity contribution in [1.29, 1.82) is 0 Å². The summed E-state index contributed by atoms with van der Waals surface area (Å²) < 4.78 is 0. The predicted octanol–water partition coefficient (Wildman–Crippen LogP) is 12.8. The molecule has 1 aromatic heterocycles. The van der Waals surface area contributed by atoms with Gasteiger partial charge in [0.05, 0.1) is 11.4 Å². The maximum Gasteiger partial charge on any atom is 0.164 e. The first-order valence-electron chi connectivity index (χ1n) is 17.9. The Morgan fingerprint density at radius 2 is 0.811 bits per heavy atom. The van der Waals surface area contributed by atoms with E-state index in [0.717, 1.165) is 44.9 Å². The highest BCUT2D eigenvalue weighted by atomic mass is 15.2. The Bertz CT molecular complexity index is 2710. The van der Waals surface area contributed by atoms with Crippen molar-refractivity contribution in [2.75, 3.05) is 4.90 Å². The van der Waals surface area contributed by atoms with Crippen LogP contribution in [0.25, 0.3) is 78.3 Å². The van der Waals surface area contributed by atoms with Gasteiger partial charge in [0, 0.05) is 38.9 Å². The van der Waals surface area contributed by atoms with Crippen LogP contribution in [0.3, 0.4) is 0 Å². The topological polar surface area (TPSA) is 41.9 Å². The lowest BCUT2D eigenvalue weighted by molar-refractivity contribution is 1.07. The number of anilines is 3. The van der Waals surface area contributed by atoms with Crippen LogP contribution in [0.15, 0.2) is 194 Å². The van der Waals surface area contributed by atoms with Gasteiger partial charge in [0.2, 0.25) is 0 Å². The van der Waals surface area contributed by atoms with Gasteiger partial charge in [-0.3, -0.25) is 0 Å². The van der Waals surface area contributed by atoms with Crippen LogP contribution in [0, 0.1) is 0 Å². The number of nitrogens with zero attached hydrogens (tertiary/aromatic N) is 4. The summed E-state index contributed by atoms with van der Waals surface area (Å²) in [6, 6.07) is 68.2. The van der Waals surface area contributed by atoms with Gasteiger partial charge in [0.15, 0.2) is 17.5 Å². The van der Waals surface area contributed by atoms with Crippen LogP contribution in [-0.2, 0) is 0 Å². The number of aromatic nitrogens is 3. The molecule has 248 valence electrons. The first-order valence-corrected chi connectivity index (χ1v) is 17.9. The monoisotopic (exact) mass is 676 g/mol. The summed E-state index contributed by atoms with van der Waals surface area (Å²) in [5, 5.41) is 2.49. The van der Waals surface area contributed by atoms with E-state index < -0.39 is 0 Å². The number of hydrogen-bond donors (Lipinski definition) is 0. The Labute approximate surface area is 308 Å². The zero-order valence-corrected chi connectivity index (χ0v) is 28.8. The summed E-state index contributed by atoms with van der Waals surface area (Å²) in [7, 11) is 0. The third kappa shape index (κ3) is 5.36. The standard InChI is InChI=1S/C49H32N4/c1-5-16-33(17-6-1)39-30-31-44-45-41(39)27-15-28-42(45)43-29-14-26-40(46(43)53(44)38-24-11-4-12-25-38)36-22-13-23-37(32-36)49-51-47(34-18-7-2-8-19-34)50-48(52-49)35-20-9-3-10-21-35/h1-32H. The van der Waals surface area contributed by atoms with E-state index in [2.05, 4.69) is 138 Å². The van der Waals surface area contributed by atoms with Gasteiger partial charge < -0.3 is 4.90 Å². The number of fused-ring (bicyclic) bond motifs is 2. The fourth-order valence-corrected chi connectivity index (χ4v) is 7.63. The van der Waals surface area contributed by atoms with Crippen molar-refractivity contribution >= 4 is 27.8 Å². The molecule has 1 aliphatic heterocycles. The lowest BCUT2D eigenvalue weighted by atomic mass is 9.85. The fourth-order valence-electron chi connectivity index (χ4n) is 7.63. The summed E-state index contributed by atoms with van der Waals surface area (Å²) in [5.41, 5.74) is 13.3. The predicted molar refractivity (Wildman–Crippen MR) is 218 cm³/mol. The Hall–Kier alpha value is -7.17. The first kappa shape index (κ1) is 30.6. The van der Waals surface area contributed by atoms with E-state index in [9.17, 15) is 0 Å². The van der Waals surface area contributed by atoms with Crippen molar-refractivity contribution in [3.8, 4) is 67.5 Å². The third-order valence-electron chi connectivity index (χ3n) is 10.0. The summed E-state index contributed by atoms with van der Waals surface area (Å²) in [5.74, 6) is 1.92. The van der Waals surface area contributed by atoms with Gasteiger partial charge in [-0.1, -0.05) is 170 Å². The minimum atomic E-state index is 0.632. The molecule has 0 amide bonds. The van der Waals surface area contributed by atoms with Gasteiger partial charge in [-0.05, 0) is 51.9 Å². The van der Waals surface area contributed by atoms with Crippen LogP contribution in [0.4, 0.5) is 17.1 Å². The lowest BCUT2D eigenvalue weighted by Crippen LogP contribution is -2.16. The lowest BCUT2D eigenvalue weighted by Gasteiger charge is -2.35. The van der Waals surface area contributed by atoms with Crippen LogP contribution in [0.2, 0.25) is 0 Å². The van der Waals surface area contributed by atoms with E-state index in [0.29, 0.717) is 17.5 Å². The molecule has 4 nitrogen and oxygen atoms in total. The van der Waals surface area contributed by atoms with Crippen molar-refractivity contribution in [3.63, 3.8) is 0 Å². The largest absolute Gasteiger partial charge is 0.309 e. The van der Waals surface area contributed by atoms with Gasteiger partial charge in [-0.25, -0.2) is 15.0 Å². The number of benzene rings is 8. The van der Waals surface area contributed by atoms with E-state index in [1.54, 1.807) is 0 Å². The number of rotatable bonds is 6. The molecule has 9 aromatic rings. The van der Waals surface area contributed by atoms with E-state index in [1.807, 2.05) is 60.7 Å². The van der Waals surface area contributed by atoms with E-state index in [4.69, 9.17) is 15.0 Å². The molecule has 10 rings (SSSR count). The van der Waals surface area contributed by atoms with Crippen molar-refractivity contribution in [3.05, 3.63) is 194 Å². The Balaban J connectivity index is 1.18. The van der Waals surface area contributed by atoms with Crippen molar-refractivity contribution < 1.29 is 0 Å². The molecule has 0 fully saturated rings. The molecule has 8 aromatic carbocycles. The second-order valence-corrected chi connectivity index (χ2v) is 13.2. The molecule has 2 heterocycles. The molecular weight excluding hydrogens is 645 g/mol. The average Bonchev–Trinajstić information content (AvgIpc) is 3.25. The van der Waals surface area contributed by atoms with Crippen LogP contribution in [0.1, 0.15) is 0 Å². The normalized spacial score (nSPS) is 11.7. The molecule has 0 unspecified atom stereocenters. The van der Waals surface area contributed by atoms with Gasteiger partial charge >= 0.3 is 0 Å². The summed E-state index contributed by atoms with van der Waals surface area (Å²) in [4.78, 5) is 17.4. The van der Waals surface area contributed by atoms with Crippen LogP contribution in [-0.4, -0.2) is 15.0 Å². The number of hydrogen-bond acceptors (Lipinski definition) is 4. The fraction of sp³-hybridized carbons (Fsp3) is 0. The zero-order chi connectivity index (χ0) is 35.1. The summed E-state index contributed by atoms with van der Waals surface area (Å²) in [6.07, 6.45) is 0. The number of para-hydroxylation sites is 2. The van der Waals surface area contributed by atoms with Crippen molar-refractivity contribution in [2.45, 2.75) is 0 Å². The minimum absolute atomic E-state index is 0.632. The Morgan fingerprint density at radius 3 is 1.47 bits per heavy atom. The highest BCUT2D eigenvalue weighted by Gasteiger charge is 2.29. The summed E-state index contributed by atoms with van der Waals surface area (Å²) >= 11 is 0. The molecule has 0 atom stereocenters. The molecule has 0 radical (unpaired) electrons. The van der Waals surface area contributed by atoms with E-state index in [-0.39, 0.29) is 0 Å². The van der Waals surface area contributed by atoms with Crippen LogP contribution in [0.5, 0.6) is 0 Å². The Kier molecular flexibility index (Phi) is 7.43. The minimum Gasteiger partial charge on any atom is -0.309 e.